The van der Waals surface area contributed by atoms with Crippen LogP contribution in [0.3, 0.4) is 0 Å². The van der Waals surface area contributed by atoms with E-state index >= 15 is 0 Å². The Balaban J connectivity index is 1.82. The third-order valence-electron chi connectivity index (χ3n) is 2.07. The van der Waals surface area contributed by atoms with Crippen molar-refractivity contribution in [3.05, 3.63) is 47.5 Å². The molecule has 82 valence electrons. The van der Waals surface area contributed by atoms with Gasteiger partial charge in [-0.05, 0) is 24.1 Å². The second-order valence-corrected chi connectivity index (χ2v) is 3.69. The fourth-order valence-electron chi connectivity index (χ4n) is 1.27. The van der Waals surface area contributed by atoms with Gasteiger partial charge < -0.3 is 5.32 Å². The fourth-order valence-corrected chi connectivity index (χ4v) is 1.37. The molecule has 16 heavy (non-hydrogen) atoms. The molecule has 0 unspecified atom stereocenters. The first-order chi connectivity index (χ1) is 7.84. The monoisotopic (exact) mass is 234 g/mol. The van der Waals surface area contributed by atoms with E-state index in [2.05, 4.69) is 20.3 Å². The second kappa shape index (κ2) is 5.42. The molecule has 2 heterocycles. The minimum Gasteiger partial charge on any atom is -0.354 e. The average Bonchev–Trinajstić information content (AvgIpc) is 2.33. The lowest BCUT2D eigenvalue weighted by molar-refractivity contribution is 0.979. The molecular weight excluding hydrogens is 224 g/mol. The maximum absolute atomic E-state index is 5.68. The third kappa shape index (κ3) is 3.17. The Kier molecular flexibility index (Phi) is 3.66. The Hall–Kier alpha value is -1.68. The first-order valence-electron chi connectivity index (χ1n) is 4.95. The van der Waals surface area contributed by atoms with Crippen molar-refractivity contribution < 1.29 is 0 Å². The maximum Gasteiger partial charge on any atom is 0.222 e. The van der Waals surface area contributed by atoms with Gasteiger partial charge in [-0.1, -0.05) is 11.6 Å². The van der Waals surface area contributed by atoms with Crippen molar-refractivity contribution >= 4 is 17.5 Å². The summed E-state index contributed by atoms with van der Waals surface area (Å²) in [4.78, 5) is 12.0. The van der Waals surface area contributed by atoms with E-state index in [1.807, 2.05) is 12.1 Å². The largest absolute Gasteiger partial charge is 0.354 e. The van der Waals surface area contributed by atoms with Crippen LogP contribution in [0, 0.1) is 0 Å². The lowest BCUT2D eigenvalue weighted by atomic mass is 10.2. The van der Waals surface area contributed by atoms with Gasteiger partial charge in [0.15, 0.2) is 0 Å². The molecule has 0 amide bonds. The zero-order valence-electron chi connectivity index (χ0n) is 8.60. The van der Waals surface area contributed by atoms with Gasteiger partial charge in [-0.15, -0.1) is 0 Å². The quantitative estimate of drug-likeness (QED) is 0.881. The zero-order valence-corrected chi connectivity index (χ0v) is 9.35. The normalized spacial score (nSPS) is 10.1. The van der Waals surface area contributed by atoms with Crippen LogP contribution >= 0.6 is 11.6 Å². The summed E-state index contributed by atoms with van der Waals surface area (Å²) < 4.78 is 0. The van der Waals surface area contributed by atoms with E-state index < -0.39 is 0 Å². The van der Waals surface area contributed by atoms with Gasteiger partial charge in [0.1, 0.15) is 0 Å². The molecular formula is C11H11ClN4. The third-order valence-corrected chi connectivity index (χ3v) is 2.26. The summed E-state index contributed by atoms with van der Waals surface area (Å²) in [5, 5.41) is 3.66. The predicted molar refractivity (Wildman–Crippen MR) is 63.5 cm³/mol. The summed E-state index contributed by atoms with van der Waals surface area (Å²) in [5.41, 5.74) is 1.23. The molecule has 2 aromatic heterocycles. The lowest BCUT2D eigenvalue weighted by Crippen LogP contribution is -2.07. The summed E-state index contributed by atoms with van der Waals surface area (Å²) >= 11 is 5.68. The van der Waals surface area contributed by atoms with Crippen molar-refractivity contribution in [3.63, 3.8) is 0 Å². The van der Waals surface area contributed by atoms with E-state index in [1.165, 1.54) is 5.56 Å². The van der Waals surface area contributed by atoms with E-state index in [0.29, 0.717) is 11.0 Å². The van der Waals surface area contributed by atoms with Crippen molar-refractivity contribution in [3.8, 4) is 0 Å². The molecule has 0 aliphatic carbocycles. The highest BCUT2D eigenvalue weighted by molar-refractivity contribution is 6.30. The first-order valence-corrected chi connectivity index (χ1v) is 5.33. The highest BCUT2D eigenvalue weighted by Gasteiger charge is 1.96. The molecule has 0 bridgehead atoms. The van der Waals surface area contributed by atoms with E-state index in [-0.39, 0.29) is 0 Å². The van der Waals surface area contributed by atoms with Crippen LogP contribution < -0.4 is 5.32 Å². The van der Waals surface area contributed by atoms with Crippen molar-refractivity contribution in [2.24, 2.45) is 0 Å². The molecule has 0 spiro atoms. The van der Waals surface area contributed by atoms with Crippen molar-refractivity contribution in [1.82, 2.24) is 15.0 Å². The number of nitrogens with zero attached hydrogens (tertiary/aromatic N) is 3. The van der Waals surface area contributed by atoms with Crippen molar-refractivity contribution in [2.45, 2.75) is 6.42 Å². The molecule has 0 aliphatic heterocycles. The van der Waals surface area contributed by atoms with E-state index in [1.54, 1.807) is 24.8 Å². The van der Waals surface area contributed by atoms with Crippen LogP contribution in [-0.2, 0) is 6.42 Å². The van der Waals surface area contributed by atoms with Crippen LogP contribution in [0.2, 0.25) is 5.02 Å². The highest BCUT2D eigenvalue weighted by atomic mass is 35.5. The Morgan fingerprint density at radius 1 is 1.12 bits per heavy atom. The summed E-state index contributed by atoms with van der Waals surface area (Å²) in [6.45, 7) is 0.783. The Morgan fingerprint density at radius 2 is 1.81 bits per heavy atom. The lowest BCUT2D eigenvalue weighted by Gasteiger charge is -2.03. The molecule has 2 rings (SSSR count). The van der Waals surface area contributed by atoms with Gasteiger partial charge in [0.2, 0.25) is 5.95 Å². The van der Waals surface area contributed by atoms with Crippen LogP contribution in [0.4, 0.5) is 5.95 Å². The molecule has 0 aromatic carbocycles. The van der Waals surface area contributed by atoms with Crippen molar-refractivity contribution in [1.29, 1.82) is 0 Å². The highest BCUT2D eigenvalue weighted by Crippen LogP contribution is 2.05. The number of pyridine rings is 1. The van der Waals surface area contributed by atoms with Crippen LogP contribution in [0.15, 0.2) is 36.9 Å². The smallest absolute Gasteiger partial charge is 0.222 e. The van der Waals surface area contributed by atoms with Gasteiger partial charge in [0.05, 0.1) is 17.4 Å². The van der Waals surface area contributed by atoms with Crippen LogP contribution in [0.25, 0.3) is 0 Å². The molecule has 2 aromatic rings. The molecule has 0 atom stereocenters. The summed E-state index contributed by atoms with van der Waals surface area (Å²) in [6, 6.07) is 3.98. The number of aromatic nitrogens is 3. The van der Waals surface area contributed by atoms with Gasteiger partial charge in [-0.3, -0.25) is 4.98 Å². The van der Waals surface area contributed by atoms with Gasteiger partial charge in [-0.2, -0.15) is 0 Å². The van der Waals surface area contributed by atoms with Gasteiger partial charge in [0, 0.05) is 18.9 Å². The summed E-state index contributed by atoms with van der Waals surface area (Å²) in [7, 11) is 0. The van der Waals surface area contributed by atoms with E-state index in [0.717, 1.165) is 13.0 Å². The topological polar surface area (TPSA) is 50.7 Å². The number of nitrogens with one attached hydrogen (secondary N) is 1. The fraction of sp³-hybridized carbons (Fsp3) is 0.182. The Bertz CT molecular complexity index is 429. The minimum atomic E-state index is 0.541. The van der Waals surface area contributed by atoms with Gasteiger partial charge in [-0.25, -0.2) is 9.97 Å². The van der Waals surface area contributed by atoms with Crippen molar-refractivity contribution in [2.75, 3.05) is 11.9 Å². The van der Waals surface area contributed by atoms with E-state index in [9.17, 15) is 0 Å². The molecule has 0 saturated carbocycles. The molecule has 5 heteroatoms. The molecule has 0 aliphatic rings. The standard InChI is InChI=1S/C11H11ClN4/c12-10-7-15-11(16-8-10)14-6-3-9-1-4-13-5-2-9/h1-2,4-5,7-8H,3,6H2,(H,14,15,16). The SMILES string of the molecule is Clc1cnc(NCCc2ccncc2)nc1. The first kappa shape index (κ1) is 10.8. The van der Waals surface area contributed by atoms with Gasteiger partial charge >= 0.3 is 0 Å². The number of hydrogen-bond donors (Lipinski definition) is 1. The predicted octanol–water partition coefficient (Wildman–Crippen LogP) is 2.18. The average molecular weight is 235 g/mol. The van der Waals surface area contributed by atoms with Gasteiger partial charge in [0.25, 0.3) is 0 Å². The second-order valence-electron chi connectivity index (χ2n) is 3.26. The number of halogens is 1. The molecule has 1 N–H and O–H groups in total. The number of hydrogen-bond acceptors (Lipinski definition) is 4. The molecule has 0 fully saturated rings. The molecule has 0 saturated heterocycles. The van der Waals surface area contributed by atoms with Crippen LogP contribution in [-0.4, -0.2) is 21.5 Å². The summed E-state index contributed by atoms with van der Waals surface area (Å²) in [5.74, 6) is 0.596. The Morgan fingerprint density at radius 3 is 2.50 bits per heavy atom. The Labute approximate surface area is 98.7 Å². The van der Waals surface area contributed by atoms with Crippen LogP contribution in [0.1, 0.15) is 5.56 Å². The zero-order chi connectivity index (χ0) is 11.2. The minimum absolute atomic E-state index is 0.541. The molecule has 0 radical (unpaired) electrons. The van der Waals surface area contributed by atoms with E-state index in [4.69, 9.17) is 11.6 Å². The summed E-state index contributed by atoms with van der Waals surface area (Å²) in [6.07, 6.45) is 7.63. The molecule has 4 nitrogen and oxygen atoms in total. The number of rotatable bonds is 4. The number of anilines is 1. The van der Waals surface area contributed by atoms with Crippen LogP contribution in [0.5, 0.6) is 0 Å². The maximum atomic E-state index is 5.68.